The first-order valence-electron chi connectivity index (χ1n) is 7.44. The van der Waals surface area contributed by atoms with E-state index >= 15 is 0 Å². The highest BCUT2D eigenvalue weighted by molar-refractivity contribution is 5.93. The van der Waals surface area contributed by atoms with Gasteiger partial charge in [0.05, 0.1) is 5.56 Å². The summed E-state index contributed by atoms with van der Waals surface area (Å²) in [6.07, 6.45) is 4.21. The Morgan fingerprint density at radius 2 is 2.10 bits per heavy atom. The lowest BCUT2D eigenvalue weighted by molar-refractivity contribution is 0.0697. The number of carbonyl (C=O) groups excluding carboxylic acids is 1. The third-order valence-electron chi connectivity index (χ3n) is 3.72. The highest BCUT2D eigenvalue weighted by Gasteiger charge is 2.32. The van der Waals surface area contributed by atoms with Crippen LogP contribution < -0.4 is 5.32 Å². The standard InChI is InChI=1S/C16H22N2O3/c1-3-4-9-18(13-6-7-13)16(21)17-14-8-5-12(15(19)20)10-11(14)2/h5,8,10,13H,3-4,6-7,9H2,1-2H3,(H,17,21)(H,19,20). The molecule has 0 spiro atoms. The second-order valence-electron chi connectivity index (χ2n) is 5.54. The lowest BCUT2D eigenvalue weighted by atomic mass is 10.1. The van der Waals surface area contributed by atoms with Gasteiger partial charge >= 0.3 is 12.0 Å². The molecule has 5 heteroatoms. The third-order valence-corrected chi connectivity index (χ3v) is 3.72. The number of carbonyl (C=O) groups is 2. The van der Waals surface area contributed by atoms with Crippen molar-refractivity contribution in [1.29, 1.82) is 0 Å². The molecule has 2 N–H and O–H groups in total. The molecule has 5 nitrogen and oxygen atoms in total. The number of aromatic carboxylic acids is 1. The third kappa shape index (κ3) is 3.97. The molecule has 1 aromatic carbocycles. The van der Waals surface area contributed by atoms with Gasteiger partial charge in [-0.05, 0) is 49.9 Å². The summed E-state index contributed by atoms with van der Waals surface area (Å²) in [5.74, 6) is -0.960. The van der Waals surface area contributed by atoms with E-state index in [2.05, 4.69) is 12.2 Å². The predicted octanol–water partition coefficient (Wildman–Crippen LogP) is 3.49. The number of nitrogens with one attached hydrogen (secondary N) is 1. The number of anilines is 1. The fourth-order valence-electron chi connectivity index (χ4n) is 2.29. The number of hydrogen-bond donors (Lipinski definition) is 2. The molecule has 0 bridgehead atoms. The van der Waals surface area contributed by atoms with E-state index in [-0.39, 0.29) is 11.6 Å². The highest BCUT2D eigenvalue weighted by atomic mass is 16.4. The summed E-state index contributed by atoms with van der Waals surface area (Å²) in [6.45, 7) is 4.69. The zero-order chi connectivity index (χ0) is 15.4. The quantitative estimate of drug-likeness (QED) is 0.842. The normalized spacial score (nSPS) is 13.8. The van der Waals surface area contributed by atoms with Crippen molar-refractivity contribution in [2.45, 2.75) is 45.6 Å². The molecule has 0 aliphatic heterocycles. The van der Waals surface area contributed by atoms with E-state index in [4.69, 9.17) is 5.11 Å². The van der Waals surface area contributed by atoms with Crippen LogP contribution >= 0.6 is 0 Å². The van der Waals surface area contributed by atoms with E-state index in [1.165, 1.54) is 6.07 Å². The number of amides is 2. The summed E-state index contributed by atoms with van der Waals surface area (Å²) < 4.78 is 0. The maximum Gasteiger partial charge on any atom is 0.335 e. The molecule has 1 aromatic rings. The van der Waals surface area contributed by atoms with Crippen LogP contribution in [0.5, 0.6) is 0 Å². The van der Waals surface area contributed by atoms with Crippen LogP contribution in [-0.2, 0) is 0 Å². The van der Waals surface area contributed by atoms with Gasteiger partial charge < -0.3 is 15.3 Å². The lowest BCUT2D eigenvalue weighted by Gasteiger charge is -2.23. The number of aryl methyl sites for hydroxylation is 1. The second-order valence-corrected chi connectivity index (χ2v) is 5.54. The minimum atomic E-state index is -0.960. The summed E-state index contributed by atoms with van der Waals surface area (Å²) in [4.78, 5) is 25.2. The Morgan fingerprint density at radius 1 is 1.38 bits per heavy atom. The maximum atomic E-state index is 12.4. The summed E-state index contributed by atoms with van der Waals surface area (Å²) in [5.41, 5.74) is 1.66. The van der Waals surface area contributed by atoms with Crippen molar-refractivity contribution in [3.63, 3.8) is 0 Å². The number of benzene rings is 1. The van der Waals surface area contributed by atoms with Crippen molar-refractivity contribution in [3.05, 3.63) is 29.3 Å². The molecular formula is C16H22N2O3. The van der Waals surface area contributed by atoms with Gasteiger partial charge in [0, 0.05) is 18.3 Å². The Kier molecular flexibility index (Phi) is 4.83. The number of carboxylic acid groups (broad SMARTS) is 1. The minimum Gasteiger partial charge on any atom is -0.478 e. The molecule has 0 saturated heterocycles. The fraction of sp³-hybridized carbons (Fsp3) is 0.500. The first-order valence-corrected chi connectivity index (χ1v) is 7.44. The van der Waals surface area contributed by atoms with Gasteiger partial charge in [-0.15, -0.1) is 0 Å². The maximum absolute atomic E-state index is 12.4. The highest BCUT2D eigenvalue weighted by Crippen LogP contribution is 2.28. The predicted molar refractivity (Wildman–Crippen MR) is 81.8 cm³/mol. The van der Waals surface area contributed by atoms with Crippen molar-refractivity contribution in [2.75, 3.05) is 11.9 Å². The smallest absolute Gasteiger partial charge is 0.335 e. The van der Waals surface area contributed by atoms with Gasteiger partial charge in [0.15, 0.2) is 0 Å². The Morgan fingerprint density at radius 3 is 2.62 bits per heavy atom. The first-order chi connectivity index (χ1) is 10.0. The number of rotatable bonds is 6. The van der Waals surface area contributed by atoms with E-state index < -0.39 is 5.97 Å². The molecule has 1 aliphatic carbocycles. The zero-order valence-electron chi connectivity index (χ0n) is 12.6. The van der Waals surface area contributed by atoms with Crippen molar-refractivity contribution in [2.24, 2.45) is 0 Å². The van der Waals surface area contributed by atoms with Crippen molar-refractivity contribution < 1.29 is 14.7 Å². The molecule has 21 heavy (non-hydrogen) atoms. The molecule has 0 unspecified atom stereocenters. The fourth-order valence-corrected chi connectivity index (χ4v) is 2.29. The SMILES string of the molecule is CCCCN(C(=O)Nc1ccc(C(=O)O)cc1C)C1CC1. The molecule has 0 atom stereocenters. The van der Waals surface area contributed by atoms with Crippen LogP contribution in [0.15, 0.2) is 18.2 Å². The van der Waals surface area contributed by atoms with Crippen molar-refractivity contribution >= 4 is 17.7 Å². The number of unbranched alkanes of at least 4 members (excludes halogenated alkanes) is 1. The van der Waals surface area contributed by atoms with Gasteiger partial charge in [-0.1, -0.05) is 13.3 Å². The van der Waals surface area contributed by atoms with Gasteiger partial charge in [-0.25, -0.2) is 9.59 Å². The van der Waals surface area contributed by atoms with Gasteiger partial charge in [0.1, 0.15) is 0 Å². The van der Waals surface area contributed by atoms with Crippen LogP contribution in [0.25, 0.3) is 0 Å². The van der Waals surface area contributed by atoms with Crippen LogP contribution in [-0.4, -0.2) is 34.6 Å². The molecule has 0 aromatic heterocycles. The number of nitrogens with zero attached hydrogens (tertiary/aromatic N) is 1. The number of urea groups is 1. The Hall–Kier alpha value is -2.04. The monoisotopic (exact) mass is 290 g/mol. The van der Waals surface area contributed by atoms with E-state index in [1.807, 2.05) is 4.90 Å². The van der Waals surface area contributed by atoms with E-state index in [9.17, 15) is 9.59 Å². The van der Waals surface area contributed by atoms with Crippen molar-refractivity contribution in [1.82, 2.24) is 4.90 Å². The largest absolute Gasteiger partial charge is 0.478 e. The van der Waals surface area contributed by atoms with Gasteiger partial charge in [0.25, 0.3) is 0 Å². The summed E-state index contributed by atoms with van der Waals surface area (Å²) in [7, 11) is 0. The van der Waals surface area contributed by atoms with Crippen LogP contribution in [0.3, 0.4) is 0 Å². The van der Waals surface area contributed by atoms with Crippen LogP contribution in [0.1, 0.15) is 48.5 Å². The van der Waals surface area contributed by atoms with Crippen molar-refractivity contribution in [3.8, 4) is 0 Å². The molecule has 0 radical (unpaired) electrons. The number of carboxylic acids is 1. The Bertz CT molecular complexity index is 538. The summed E-state index contributed by atoms with van der Waals surface area (Å²) in [5, 5.41) is 11.9. The van der Waals surface area contributed by atoms with Gasteiger partial charge in [-0.2, -0.15) is 0 Å². The lowest BCUT2D eigenvalue weighted by Crippen LogP contribution is -2.37. The molecule has 1 fully saturated rings. The van der Waals surface area contributed by atoms with E-state index in [0.717, 1.165) is 37.8 Å². The van der Waals surface area contributed by atoms with Crippen LogP contribution in [0, 0.1) is 6.92 Å². The van der Waals surface area contributed by atoms with Crippen LogP contribution in [0.4, 0.5) is 10.5 Å². The molecular weight excluding hydrogens is 268 g/mol. The Labute approximate surface area is 125 Å². The number of hydrogen-bond acceptors (Lipinski definition) is 2. The van der Waals surface area contributed by atoms with Gasteiger partial charge in [0.2, 0.25) is 0 Å². The molecule has 2 rings (SSSR count). The van der Waals surface area contributed by atoms with Crippen LogP contribution in [0.2, 0.25) is 0 Å². The average molecular weight is 290 g/mol. The van der Waals surface area contributed by atoms with Gasteiger partial charge in [-0.3, -0.25) is 0 Å². The average Bonchev–Trinajstić information content (AvgIpc) is 3.26. The summed E-state index contributed by atoms with van der Waals surface area (Å²) in [6, 6.07) is 5.03. The Balaban J connectivity index is 2.05. The van der Waals surface area contributed by atoms with E-state index in [1.54, 1.807) is 19.1 Å². The minimum absolute atomic E-state index is 0.0860. The molecule has 0 heterocycles. The van der Waals surface area contributed by atoms with E-state index in [0.29, 0.717) is 11.7 Å². The molecule has 1 aliphatic rings. The topological polar surface area (TPSA) is 69.6 Å². The zero-order valence-corrected chi connectivity index (χ0v) is 12.6. The molecule has 114 valence electrons. The molecule has 1 saturated carbocycles. The first kappa shape index (κ1) is 15.4. The molecule has 2 amide bonds. The summed E-state index contributed by atoms with van der Waals surface area (Å²) >= 11 is 0. The second kappa shape index (κ2) is 6.61.